The summed E-state index contributed by atoms with van der Waals surface area (Å²) in [6.07, 6.45) is 0.0398. The quantitative estimate of drug-likeness (QED) is 0.511. The molecule has 2 atom stereocenters. The smallest absolute Gasteiger partial charge is 0.408 e. The highest BCUT2D eigenvalue weighted by molar-refractivity contribution is 7.98. The van der Waals surface area contributed by atoms with Crippen LogP contribution in [-0.4, -0.2) is 48.0 Å². The Morgan fingerprint density at radius 3 is 2.65 bits per heavy atom. The van der Waals surface area contributed by atoms with Crippen molar-refractivity contribution in [1.82, 2.24) is 10.6 Å². The Kier molecular flexibility index (Phi) is 7.46. The first kappa shape index (κ1) is 19.8. The minimum atomic E-state index is -1.16. The lowest BCUT2D eigenvalue weighted by atomic mass is 10.2. The van der Waals surface area contributed by atoms with Gasteiger partial charge in [-0.25, -0.2) is 9.59 Å². The molecule has 0 bridgehead atoms. The van der Waals surface area contributed by atoms with Crippen LogP contribution in [0.5, 0.6) is 0 Å². The lowest BCUT2D eigenvalue weighted by Crippen LogP contribution is -2.44. The molecule has 8 nitrogen and oxygen atoms in total. The number of imide groups is 1. The van der Waals surface area contributed by atoms with Gasteiger partial charge in [-0.2, -0.15) is 11.8 Å². The number of carbonyl (C=O) groups excluding carboxylic acids is 4. The van der Waals surface area contributed by atoms with Crippen molar-refractivity contribution in [3.63, 3.8) is 0 Å². The number of carbonyl (C=O) groups is 4. The lowest BCUT2D eigenvalue weighted by molar-refractivity contribution is -0.156. The van der Waals surface area contributed by atoms with Crippen LogP contribution in [0.25, 0.3) is 0 Å². The van der Waals surface area contributed by atoms with Crippen molar-refractivity contribution >= 4 is 35.6 Å². The third-order valence-corrected chi connectivity index (χ3v) is 4.23. The molecule has 1 aromatic rings. The molecule has 140 valence electrons. The first-order chi connectivity index (χ1) is 12.5. The zero-order chi connectivity index (χ0) is 18.9. The minimum absolute atomic E-state index is 0.0660. The van der Waals surface area contributed by atoms with Gasteiger partial charge in [-0.3, -0.25) is 14.9 Å². The van der Waals surface area contributed by atoms with E-state index < -0.39 is 36.0 Å². The molecule has 9 heteroatoms. The van der Waals surface area contributed by atoms with Crippen molar-refractivity contribution in [2.45, 2.75) is 31.6 Å². The topological polar surface area (TPSA) is 111 Å². The molecule has 3 amide bonds. The van der Waals surface area contributed by atoms with E-state index in [1.54, 1.807) is 0 Å². The molecule has 0 spiro atoms. The average molecular weight is 380 g/mol. The van der Waals surface area contributed by atoms with Gasteiger partial charge in [-0.1, -0.05) is 30.3 Å². The first-order valence-electron chi connectivity index (χ1n) is 8.00. The fourth-order valence-electron chi connectivity index (χ4n) is 2.24. The van der Waals surface area contributed by atoms with E-state index in [-0.39, 0.29) is 13.0 Å². The molecule has 1 aliphatic heterocycles. The Balaban J connectivity index is 1.88. The number of nitrogens with one attached hydrogen (secondary N) is 2. The SMILES string of the molecule is CSCC[C@H](NC(=O)OCc1ccccc1)C(=O)O[C@H]1CC(=O)NC1=O. The second kappa shape index (κ2) is 9.81. The van der Waals surface area contributed by atoms with Gasteiger partial charge in [0.15, 0.2) is 6.10 Å². The zero-order valence-electron chi connectivity index (χ0n) is 14.2. The van der Waals surface area contributed by atoms with Crippen LogP contribution >= 0.6 is 11.8 Å². The van der Waals surface area contributed by atoms with Crippen molar-refractivity contribution in [1.29, 1.82) is 0 Å². The highest BCUT2D eigenvalue weighted by Crippen LogP contribution is 2.11. The fourth-order valence-corrected chi connectivity index (χ4v) is 2.71. The summed E-state index contributed by atoms with van der Waals surface area (Å²) in [4.78, 5) is 46.9. The monoisotopic (exact) mass is 380 g/mol. The maximum Gasteiger partial charge on any atom is 0.408 e. The molecule has 1 fully saturated rings. The van der Waals surface area contributed by atoms with Gasteiger partial charge in [0.25, 0.3) is 5.91 Å². The van der Waals surface area contributed by atoms with Crippen LogP contribution in [0.3, 0.4) is 0 Å². The number of rotatable bonds is 8. The van der Waals surface area contributed by atoms with Crippen molar-refractivity contribution in [2.24, 2.45) is 0 Å². The van der Waals surface area contributed by atoms with E-state index in [2.05, 4.69) is 10.6 Å². The Morgan fingerprint density at radius 2 is 2.04 bits per heavy atom. The molecular weight excluding hydrogens is 360 g/mol. The van der Waals surface area contributed by atoms with Gasteiger partial charge in [-0.15, -0.1) is 0 Å². The van der Waals surface area contributed by atoms with Crippen molar-refractivity contribution in [3.8, 4) is 0 Å². The second-order valence-corrected chi connectivity index (χ2v) is 6.57. The highest BCUT2D eigenvalue weighted by atomic mass is 32.2. The van der Waals surface area contributed by atoms with Crippen molar-refractivity contribution < 1.29 is 28.7 Å². The Labute approximate surface area is 155 Å². The van der Waals surface area contributed by atoms with E-state index >= 15 is 0 Å². The summed E-state index contributed by atoms with van der Waals surface area (Å²) >= 11 is 1.50. The first-order valence-corrected chi connectivity index (χ1v) is 9.39. The van der Waals surface area contributed by atoms with E-state index in [9.17, 15) is 19.2 Å². The molecule has 0 unspecified atom stereocenters. The largest absolute Gasteiger partial charge is 0.450 e. The summed E-state index contributed by atoms with van der Waals surface area (Å²) in [5.74, 6) is -1.33. The molecule has 0 radical (unpaired) electrons. The van der Waals surface area contributed by atoms with Crippen molar-refractivity contribution in [2.75, 3.05) is 12.0 Å². The molecule has 1 aromatic carbocycles. The number of ether oxygens (including phenoxy) is 2. The minimum Gasteiger partial charge on any atom is -0.450 e. The molecule has 2 rings (SSSR count). The second-order valence-electron chi connectivity index (χ2n) is 5.58. The Hall–Kier alpha value is -2.55. The maximum atomic E-state index is 12.3. The maximum absolute atomic E-state index is 12.3. The summed E-state index contributed by atoms with van der Waals surface area (Å²) in [6.45, 7) is 0.0660. The summed E-state index contributed by atoms with van der Waals surface area (Å²) in [7, 11) is 0. The van der Waals surface area contributed by atoms with E-state index in [4.69, 9.17) is 9.47 Å². The summed E-state index contributed by atoms with van der Waals surface area (Å²) in [5.41, 5.74) is 0.812. The predicted molar refractivity (Wildman–Crippen MR) is 94.2 cm³/mol. The standard InChI is InChI=1S/C17H20N2O6S/c1-26-8-7-12(16(22)25-13-9-14(20)19-15(13)21)18-17(23)24-10-11-5-3-2-4-6-11/h2-6,12-13H,7-10H2,1H3,(H,18,23)(H,19,20,21)/t12-,13-/m0/s1. The molecular formula is C17H20N2O6S. The molecule has 1 aliphatic rings. The molecule has 26 heavy (non-hydrogen) atoms. The van der Waals surface area contributed by atoms with Crippen LogP contribution < -0.4 is 10.6 Å². The summed E-state index contributed by atoms with van der Waals surface area (Å²) in [6, 6.07) is 8.15. The Morgan fingerprint density at radius 1 is 1.31 bits per heavy atom. The van der Waals surface area contributed by atoms with Crippen LogP contribution in [0, 0.1) is 0 Å². The van der Waals surface area contributed by atoms with E-state index in [0.717, 1.165) is 5.56 Å². The highest BCUT2D eigenvalue weighted by Gasteiger charge is 2.35. The van der Waals surface area contributed by atoms with Gasteiger partial charge in [-0.05, 0) is 24.0 Å². The van der Waals surface area contributed by atoms with E-state index in [1.165, 1.54) is 11.8 Å². The van der Waals surface area contributed by atoms with Gasteiger partial charge in [0.05, 0.1) is 6.42 Å². The number of hydrogen-bond donors (Lipinski definition) is 2. The third-order valence-electron chi connectivity index (χ3n) is 3.58. The van der Waals surface area contributed by atoms with Crippen LogP contribution in [0.4, 0.5) is 4.79 Å². The van der Waals surface area contributed by atoms with E-state index in [0.29, 0.717) is 12.2 Å². The molecule has 2 N–H and O–H groups in total. The molecule has 0 aliphatic carbocycles. The number of alkyl carbamates (subject to hydrolysis) is 1. The fraction of sp³-hybridized carbons (Fsp3) is 0.412. The van der Waals surface area contributed by atoms with Crippen LogP contribution in [0.1, 0.15) is 18.4 Å². The molecule has 1 heterocycles. The van der Waals surface area contributed by atoms with Crippen LogP contribution in [0.15, 0.2) is 30.3 Å². The van der Waals surface area contributed by atoms with Gasteiger partial charge < -0.3 is 14.8 Å². The number of benzene rings is 1. The average Bonchev–Trinajstić information content (AvgIpc) is 2.94. The van der Waals surface area contributed by atoms with Crippen LogP contribution in [0.2, 0.25) is 0 Å². The zero-order valence-corrected chi connectivity index (χ0v) is 15.0. The Bertz CT molecular complexity index is 666. The van der Waals surface area contributed by atoms with Gasteiger partial charge in [0.2, 0.25) is 5.91 Å². The van der Waals surface area contributed by atoms with Crippen molar-refractivity contribution in [3.05, 3.63) is 35.9 Å². The number of thioether (sulfide) groups is 1. The van der Waals surface area contributed by atoms with Crippen LogP contribution in [-0.2, 0) is 30.5 Å². The van der Waals surface area contributed by atoms with Gasteiger partial charge in [0.1, 0.15) is 12.6 Å². The molecule has 0 aromatic heterocycles. The summed E-state index contributed by atoms with van der Waals surface area (Å²) in [5, 5.41) is 4.52. The number of amides is 3. The third kappa shape index (κ3) is 6.07. The molecule has 1 saturated heterocycles. The van der Waals surface area contributed by atoms with Gasteiger partial charge in [0, 0.05) is 0 Å². The number of hydrogen-bond acceptors (Lipinski definition) is 7. The van der Waals surface area contributed by atoms with E-state index in [1.807, 2.05) is 36.6 Å². The number of esters is 1. The van der Waals surface area contributed by atoms with Gasteiger partial charge >= 0.3 is 12.1 Å². The lowest BCUT2D eigenvalue weighted by Gasteiger charge is -2.18. The summed E-state index contributed by atoms with van der Waals surface area (Å²) < 4.78 is 10.2. The normalized spacial score (nSPS) is 17.3. The molecule has 0 saturated carbocycles. The predicted octanol–water partition coefficient (Wildman–Crippen LogP) is 0.993.